The molecular formula is C18H37O2. The van der Waals surface area contributed by atoms with Crippen molar-refractivity contribution in [3.63, 3.8) is 0 Å². The van der Waals surface area contributed by atoms with Gasteiger partial charge >= 0.3 is 0 Å². The van der Waals surface area contributed by atoms with Crippen molar-refractivity contribution in [2.75, 3.05) is 13.2 Å². The van der Waals surface area contributed by atoms with E-state index in [1.165, 1.54) is 77.0 Å². The molecule has 0 heterocycles. The minimum atomic E-state index is -0.108. The molecule has 0 aliphatic heterocycles. The van der Waals surface area contributed by atoms with Crippen LogP contribution in [0.15, 0.2) is 0 Å². The minimum absolute atomic E-state index is 0.108. The van der Waals surface area contributed by atoms with E-state index in [-0.39, 0.29) is 12.7 Å². The van der Waals surface area contributed by atoms with Gasteiger partial charge in [0.05, 0.1) is 12.7 Å². The van der Waals surface area contributed by atoms with Gasteiger partial charge in [-0.25, -0.2) is 5.11 Å². The second-order valence-corrected chi connectivity index (χ2v) is 6.06. The SMILES string of the molecule is CCCCCCCCCCCCCCC(C)OCC[O]. The van der Waals surface area contributed by atoms with Gasteiger partial charge in [0, 0.05) is 0 Å². The summed E-state index contributed by atoms with van der Waals surface area (Å²) in [6.45, 7) is 4.62. The van der Waals surface area contributed by atoms with Crippen LogP contribution in [0, 0.1) is 0 Å². The van der Waals surface area contributed by atoms with E-state index in [0.717, 1.165) is 6.42 Å². The first-order valence-corrected chi connectivity index (χ1v) is 9.01. The van der Waals surface area contributed by atoms with Crippen LogP contribution in [0.4, 0.5) is 0 Å². The van der Waals surface area contributed by atoms with Gasteiger partial charge in [0.1, 0.15) is 6.61 Å². The zero-order valence-corrected chi connectivity index (χ0v) is 14.0. The minimum Gasteiger partial charge on any atom is -0.376 e. The number of unbranched alkanes of at least 4 members (excludes halogenated alkanes) is 11. The normalized spacial score (nSPS) is 12.8. The highest BCUT2D eigenvalue weighted by Crippen LogP contribution is 2.13. The predicted octanol–water partition coefficient (Wildman–Crippen LogP) is 5.91. The summed E-state index contributed by atoms with van der Waals surface area (Å²) < 4.78 is 5.38. The largest absolute Gasteiger partial charge is 0.376 e. The Morgan fingerprint density at radius 1 is 0.750 bits per heavy atom. The van der Waals surface area contributed by atoms with Crippen molar-refractivity contribution in [2.45, 2.75) is 103 Å². The Morgan fingerprint density at radius 3 is 1.65 bits per heavy atom. The molecule has 0 amide bonds. The molecule has 20 heavy (non-hydrogen) atoms. The molecule has 1 unspecified atom stereocenters. The van der Waals surface area contributed by atoms with Crippen molar-refractivity contribution in [1.29, 1.82) is 0 Å². The van der Waals surface area contributed by atoms with Gasteiger partial charge in [0.2, 0.25) is 0 Å². The standard InChI is InChI=1S/C18H37O2/c1-3-4-5-6-7-8-9-10-11-12-13-14-15-18(2)20-17-16-19/h18H,3-17H2,1-2H3. The summed E-state index contributed by atoms with van der Waals surface area (Å²) in [6, 6.07) is 0. The summed E-state index contributed by atoms with van der Waals surface area (Å²) in [4.78, 5) is 0. The molecule has 0 saturated carbocycles. The van der Waals surface area contributed by atoms with E-state index in [9.17, 15) is 5.11 Å². The second kappa shape index (κ2) is 17.0. The Balaban J connectivity index is 3.02. The Kier molecular flexibility index (Phi) is 16.9. The highest BCUT2D eigenvalue weighted by atomic mass is 16.5. The van der Waals surface area contributed by atoms with Crippen LogP contribution in [0.25, 0.3) is 0 Å². The first kappa shape index (κ1) is 19.9. The Bertz CT molecular complexity index is 171. The molecule has 0 fully saturated rings. The molecule has 1 radical (unpaired) electrons. The fraction of sp³-hybridized carbons (Fsp3) is 1.00. The Morgan fingerprint density at radius 2 is 1.20 bits per heavy atom. The molecule has 0 spiro atoms. The fourth-order valence-electron chi connectivity index (χ4n) is 2.61. The highest BCUT2D eigenvalue weighted by molar-refractivity contribution is 4.53. The molecule has 0 saturated heterocycles. The average molecular weight is 285 g/mol. The molecule has 0 rings (SSSR count). The monoisotopic (exact) mass is 285 g/mol. The number of rotatable bonds is 16. The fourth-order valence-corrected chi connectivity index (χ4v) is 2.61. The lowest BCUT2D eigenvalue weighted by Crippen LogP contribution is -2.10. The van der Waals surface area contributed by atoms with Crippen molar-refractivity contribution in [1.82, 2.24) is 0 Å². The summed E-state index contributed by atoms with van der Waals surface area (Å²) in [6.07, 6.45) is 18.1. The third kappa shape index (κ3) is 16.0. The molecule has 1 atom stereocenters. The van der Waals surface area contributed by atoms with E-state index >= 15 is 0 Å². The van der Waals surface area contributed by atoms with E-state index in [0.29, 0.717) is 6.61 Å². The average Bonchev–Trinajstić information content (AvgIpc) is 2.46. The van der Waals surface area contributed by atoms with Gasteiger partial charge in [-0.1, -0.05) is 84.0 Å². The van der Waals surface area contributed by atoms with Crippen LogP contribution in [0.1, 0.15) is 97.3 Å². The lowest BCUT2D eigenvalue weighted by molar-refractivity contribution is 0.0162. The zero-order chi connectivity index (χ0) is 14.9. The first-order chi connectivity index (χ1) is 9.81. The number of ether oxygens (including phenoxy) is 1. The summed E-state index contributed by atoms with van der Waals surface area (Å²) in [5.41, 5.74) is 0. The maximum Gasteiger partial charge on any atom is 0.106 e. The van der Waals surface area contributed by atoms with Gasteiger partial charge in [-0.05, 0) is 13.3 Å². The van der Waals surface area contributed by atoms with Crippen LogP contribution < -0.4 is 0 Å². The van der Waals surface area contributed by atoms with Crippen LogP contribution in [-0.4, -0.2) is 19.3 Å². The van der Waals surface area contributed by atoms with Crippen molar-refractivity contribution >= 4 is 0 Å². The first-order valence-electron chi connectivity index (χ1n) is 9.01. The van der Waals surface area contributed by atoms with Crippen LogP contribution in [0.3, 0.4) is 0 Å². The topological polar surface area (TPSA) is 29.1 Å². The lowest BCUT2D eigenvalue weighted by Gasteiger charge is -2.11. The Hall–Kier alpha value is -0.0800. The van der Waals surface area contributed by atoms with Crippen molar-refractivity contribution in [2.24, 2.45) is 0 Å². The van der Waals surface area contributed by atoms with Gasteiger partial charge in [-0.3, -0.25) is 0 Å². The molecular weight excluding hydrogens is 248 g/mol. The van der Waals surface area contributed by atoms with Crippen molar-refractivity contribution in [3.8, 4) is 0 Å². The van der Waals surface area contributed by atoms with E-state index in [4.69, 9.17) is 4.74 Å². The molecule has 0 aromatic heterocycles. The van der Waals surface area contributed by atoms with Gasteiger partial charge in [-0.15, -0.1) is 0 Å². The molecule has 2 heteroatoms. The van der Waals surface area contributed by atoms with E-state index in [1.807, 2.05) is 0 Å². The summed E-state index contributed by atoms with van der Waals surface area (Å²) in [5, 5.41) is 10.3. The summed E-state index contributed by atoms with van der Waals surface area (Å²) in [7, 11) is 0. The Labute approximate surface area is 127 Å². The highest BCUT2D eigenvalue weighted by Gasteiger charge is 2.01. The van der Waals surface area contributed by atoms with Crippen LogP contribution in [-0.2, 0) is 9.84 Å². The maximum absolute atomic E-state index is 10.3. The molecule has 121 valence electrons. The van der Waals surface area contributed by atoms with Crippen LogP contribution in [0.5, 0.6) is 0 Å². The quantitative estimate of drug-likeness (QED) is 0.324. The van der Waals surface area contributed by atoms with E-state index in [1.54, 1.807) is 0 Å². The van der Waals surface area contributed by atoms with E-state index < -0.39 is 0 Å². The van der Waals surface area contributed by atoms with Gasteiger partial charge in [-0.2, -0.15) is 0 Å². The molecule has 0 aliphatic carbocycles. The predicted molar refractivity (Wildman–Crippen MR) is 86.7 cm³/mol. The smallest absolute Gasteiger partial charge is 0.106 e. The summed E-state index contributed by atoms with van der Waals surface area (Å²) in [5.74, 6) is 0. The molecule has 2 nitrogen and oxygen atoms in total. The van der Waals surface area contributed by atoms with Gasteiger partial charge < -0.3 is 4.74 Å². The molecule has 0 aromatic rings. The lowest BCUT2D eigenvalue weighted by atomic mass is 10.0. The van der Waals surface area contributed by atoms with E-state index in [2.05, 4.69) is 13.8 Å². The summed E-state index contributed by atoms with van der Waals surface area (Å²) >= 11 is 0. The molecule has 0 bridgehead atoms. The third-order valence-corrected chi connectivity index (χ3v) is 3.95. The van der Waals surface area contributed by atoms with Crippen molar-refractivity contribution < 1.29 is 9.84 Å². The maximum atomic E-state index is 10.3. The zero-order valence-electron chi connectivity index (χ0n) is 14.0. The van der Waals surface area contributed by atoms with Crippen LogP contribution in [0.2, 0.25) is 0 Å². The molecule has 0 aliphatic rings. The molecule has 0 N–H and O–H groups in total. The third-order valence-electron chi connectivity index (χ3n) is 3.95. The van der Waals surface area contributed by atoms with Crippen LogP contribution >= 0.6 is 0 Å². The molecule has 0 aromatic carbocycles. The second-order valence-electron chi connectivity index (χ2n) is 6.06. The van der Waals surface area contributed by atoms with Gasteiger partial charge in [0.15, 0.2) is 0 Å². The number of hydrogen-bond acceptors (Lipinski definition) is 1. The van der Waals surface area contributed by atoms with Crippen molar-refractivity contribution in [3.05, 3.63) is 0 Å². The number of hydrogen-bond donors (Lipinski definition) is 0. The van der Waals surface area contributed by atoms with Gasteiger partial charge in [0.25, 0.3) is 0 Å².